The van der Waals surface area contributed by atoms with Crippen LogP contribution in [0.4, 0.5) is 0 Å². The van der Waals surface area contributed by atoms with Gasteiger partial charge in [0.25, 0.3) is 0 Å². The van der Waals surface area contributed by atoms with E-state index in [1.807, 2.05) is 12.1 Å². The van der Waals surface area contributed by atoms with Crippen LogP contribution >= 0.6 is 17.0 Å². The molecule has 0 aromatic heterocycles. The Morgan fingerprint density at radius 1 is 1.00 bits per heavy atom. The predicted molar refractivity (Wildman–Crippen MR) is 152 cm³/mol. The first-order valence-corrected chi connectivity index (χ1v) is 14.5. The van der Waals surface area contributed by atoms with Crippen molar-refractivity contribution >= 4 is 37.6 Å². The molecular weight excluding hydrogens is 536 g/mol. The van der Waals surface area contributed by atoms with Gasteiger partial charge in [-0.1, -0.05) is 63.1 Å². The Morgan fingerprint density at radius 2 is 1.75 bits per heavy atom. The molecule has 194 valence electrons. The molecule has 7 heteroatoms. The third-order valence-electron chi connectivity index (χ3n) is 7.67. The Labute approximate surface area is 225 Å². The number of rotatable bonds is 10. The van der Waals surface area contributed by atoms with Gasteiger partial charge in [-0.15, -0.1) is 17.0 Å². The molecule has 0 saturated carbocycles. The third kappa shape index (κ3) is 5.49. The SMILES string of the molecule is Br.CCCCCOc1ccc(S(=O)(=O)[C@@H]2[C@H]3N[C@H](C[C@@H]3C)[C@H]2NCc2ccc3ccccc3c2)cc1. The van der Waals surface area contributed by atoms with Crippen molar-refractivity contribution < 1.29 is 13.2 Å². The molecule has 0 radical (unpaired) electrons. The molecule has 5 atom stereocenters. The van der Waals surface area contributed by atoms with Crippen LogP contribution in [0.15, 0.2) is 71.6 Å². The fourth-order valence-corrected chi connectivity index (χ4v) is 8.04. The number of benzene rings is 3. The van der Waals surface area contributed by atoms with Crippen molar-refractivity contribution in [3.63, 3.8) is 0 Å². The van der Waals surface area contributed by atoms with Gasteiger partial charge in [0.05, 0.1) is 16.8 Å². The molecule has 2 aliphatic rings. The van der Waals surface area contributed by atoms with E-state index in [0.717, 1.165) is 31.4 Å². The molecule has 0 spiro atoms. The second-order valence-corrected chi connectivity index (χ2v) is 12.2. The summed E-state index contributed by atoms with van der Waals surface area (Å²) < 4.78 is 33.5. The first-order valence-electron chi connectivity index (χ1n) is 12.9. The van der Waals surface area contributed by atoms with Crippen molar-refractivity contribution in [1.82, 2.24) is 10.6 Å². The maximum atomic E-state index is 13.9. The molecule has 36 heavy (non-hydrogen) atoms. The average Bonchev–Trinajstić information content (AvgIpc) is 3.43. The summed E-state index contributed by atoms with van der Waals surface area (Å²) in [5.74, 6) is 1.06. The molecular formula is C29H37BrN2O3S. The van der Waals surface area contributed by atoms with Crippen LogP contribution in [0, 0.1) is 5.92 Å². The minimum atomic E-state index is -3.52. The van der Waals surface area contributed by atoms with E-state index >= 15 is 0 Å². The smallest absolute Gasteiger partial charge is 0.184 e. The molecule has 2 N–H and O–H groups in total. The number of hydrogen-bond acceptors (Lipinski definition) is 5. The van der Waals surface area contributed by atoms with Gasteiger partial charge in [0.1, 0.15) is 5.75 Å². The molecule has 0 unspecified atom stereocenters. The number of halogens is 1. The molecule has 2 heterocycles. The van der Waals surface area contributed by atoms with Gasteiger partial charge >= 0.3 is 0 Å². The molecule has 3 aromatic carbocycles. The Balaban J connectivity index is 0.00000304. The molecule has 3 aromatic rings. The molecule has 0 amide bonds. The molecule has 2 aliphatic heterocycles. The van der Waals surface area contributed by atoms with E-state index in [0.29, 0.717) is 24.0 Å². The van der Waals surface area contributed by atoms with Crippen LogP contribution in [0.25, 0.3) is 10.8 Å². The van der Waals surface area contributed by atoms with E-state index in [4.69, 9.17) is 4.74 Å². The Kier molecular flexibility index (Phi) is 8.76. The Morgan fingerprint density at radius 3 is 2.50 bits per heavy atom. The second kappa shape index (κ2) is 11.6. The lowest BCUT2D eigenvalue weighted by Gasteiger charge is -2.33. The first kappa shape index (κ1) is 27.1. The first-order chi connectivity index (χ1) is 17.0. The van der Waals surface area contributed by atoms with E-state index in [1.54, 1.807) is 24.3 Å². The lowest BCUT2D eigenvalue weighted by Crippen LogP contribution is -2.52. The standard InChI is InChI=1S/C29H36N2O3S.BrH/c1-3-4-7-16-34-24-12-14-25(15-13-24)35(32,33)29-27-20(2)17-26(31-27)28(29)30-19-21-10-11-22-8-5-6-9-23(22)18-21;/h5-6,8-15,18,20,26-31H,3-4,7,16-17,19H2,1-2H3;1H/t20-,26+,27-,28+,29+;/m0./s1. The number of sulfone groups is 1. The van der Waals surface area contributed by atoms with Crippen LogP contribution in [-0.2, 0) is 16.4 Å². The van der Waals surface area contributed by atoms with Crippen LogP contribution in [0.2, 0.25) is 0 Å². The van der Waals surface area contributed by atoms with Gasteiger partial charge in [0.15, 0.2) is 9.84 Å². The van der Waals surface area contributed by atoms with Gasteiger partial charge in [0, 0.05) is 24.7 Å². The van der Waals surface area contributed by atoms with Gasteiger partial charge in [-0.3, -0.25) is 0 Å². The summed E-state index contributed by atoms with van der Waals surface area (Å²) in [6.45, 7) is 5.63. The number of ether oxygens (including phenoxy) is 1. The largest absolute Gasteiger partial charge is 0.494 e. The predicted octanol–water partition coefficient (Wildman–Crippen LogP) is 5.67. The maximum Gasteiger partial charge on any atom is 0.184 e. The highest BCUT2D eigenvalue weighted by molar-refractivity contribution is 8.93. The fourth-order valence-electron chi connectivity index (χ4n) is 5.80. The highest BCUT2D eigenvalue weighted by Gasteiger charge is 2.56. The molecule has 2 bridgehead atoms. The minimum absolute atomic E-state index is 0. The van der Waals surface area contributed by atoms with Crippen molar-refractivity contribution in [1.29, 1.82) is 0 Å². The summed E-state index contributed by atoms with van der Waals surface area (Å²) in [7, 11) is -3.52. The summed E-state index contributed by atoms with van der Waals surface area (Å²) in [4.78, 5) is 0.377. The van der Waals surface area contributed by atoms with Crippen LogP contribution in [-0.4, -0.2) is 38.4 Å². The fraction of sp³-hybridized carbons (Fsp3) is 0.448. The van der Waals surface area contributed by atoms with E-state index in [1.165, 1.54) is 16.3 Å². The lowest BCUT2D eigenvalue weighted by molar-refractivity contribution is 0.306. The molecule has 0 aliphatic carbocycles. The summed E-state index contributed by atoms with van der Waals surface area (Å²) in [6.07, 6.45) is 4.29. The van der Waals surface area contributed by atoms with Gasteiger partial charge in [-0.2, -0.15) is 0 Å². The highest BCUT2D eigenvalue weighted by Crippen LogP contribution is 2.39. The molecule has 2 saturated heterocycles. The average molecular weight is 574 g/mol. The third-order valence-corrected chi connectivity index (χ3v) is 9.90. The van der Waals surface area contributed by atoms with E-state index < -0.39 is 15.1 Å². The quantitative estimate of drug-likeness (QED) is 0.306. The Bertz CT molecular complexity index is 1270. The topological polar surface area (TPSA) is 67.4 Å². The van der Waals surface area contributed by atoms with Crippen LogP contribution in [0.5, 0.6) is 5.75 Å². The van der Waals surface area contributed by atoms with Gasteiger partial charge < -0.3 is 15.4 Å². The number of unbranched alkanes of at least 4 members (excludes halogenated alkanes) is 2. The number of fused-ring (bicyclic) bond motifs is 3. The van der Waals surface area contributed by atoms with E-state index in [2.05, 4.69) is 54.8 Å². The lowest BCUT2D eigenvalue weighted by atomic mass is 9.87. The molecule has 5 rings (SSSR count). The maximum absolute atomic E-state index is 13.9. The summed E-state index contributed by atoms with van der Waals surface area (Å²) >= 11 is 0. The van der Waals surface area contributed by atoms with E-state index in [9.17, 15) is 8.42 Å². The van der Waals surface area contributed by atoms with Crippen molar-refractivity contribution in [2.24, 2.45) is 5.92 Å². The molecule has 2 fully saturated rings. The summed E-state index contributed by atoms with van der Waals surface area (Å²) in [5, 5.41) is 9.15. The summed E-state index contributed by atoms with van der Waals surface area (Å²) in [5.41, 5.74) is 1.17. The van der Waals surface area contributed by atoms with Crippen LogP contribution in [0.1, 0.15) is 45.1 Å². The van der Waals surface area contributed by atoms with Crippen LogP contribution in [0.3, 0.4) is 0 Å². The normalized spacial score (nSPS) is 25.1. The summed E-state index contributed by atoms with van der Waals surface area (Å²) in [6, 6.07) is 21.8. The zero-order valence-corrected chi connectivity index (χ0v) is 23.6. The zero-order chi connectivity index (χ0) is 24.4. The van der Waals surface area contributed by atoms with Crippen molar-refractivity contribution in [3.8, 4) is 5.75 Å². The van der Waals surface area contributed by atoms with Crippen molar-refractivity contribution in [2.75, 3.05) is 6.61 Å². The van der Waals surface area contributed by atoms with Crippen LogP contribution < -0.4 is 15.4 Å². The van der Waals surface area contributed by atoms with Gasteiger partial charge in [-0.25, -0.2) is 8.42 Å². The van der Waals surface area contributed by atoms with E-state index in [-0.39, 0.29) is 35.1 Å². The van der Waals surface area contributed by atoms with Gasteiger partial charge in [0.2, 0.25) is 0 Å². The second-order valence-electron chi connectivity index (χ2n) is 10.1. The van der Waals surface area contributed by atoms with Crippen molar-refractivity contribution in [2.45, 2.75) is 74.3 Å². The monoisotopic (exact) mass is 572 g/mol. The minimum Gasteiger partial charge on any atom is -0.494 e. The number of nitrogens with one attached hydrogen (secondary N) is 2. The zero-order valence-electron chi connectivity index (χ0n) is 21.0. The molecule has 5 nitrogen and oxygen atoms in total. The number of hydrogen-bond donors (Lipinski definition) is 2. The highest BCUT2D eigenvalue weighted by atomic mass is 79.9. The van der Waals surface area contributed by atoms with Crippen molar-refractivity contribution in [3.05, 3.63) is 72.3 Å². The Hall–Kier alpha value is -1.93. The van der Waals surface area contributed by atoms with Gasteiger partial charge in [-0.05, 0) is 65.4 Å².